The number of hydrogen-bond acceptors (Lipinski definition) is 2. The molecular formula is C11H10FNO3. The molecular weight excluding hydrogens is 213 g/mol. The van der Waals surface area contributed by atoms with Crippen molar-refractivity contribution in [2.75, 3.05) is 0 Å². The average Bonchev–Trinajstić information content (AvgIpc) is 2.58. The van der Waals surface area contributed by atoms with E-state index in [9.17, 15) is 19.1 Å². The number of nitrogens with one attached hydrogen (secondary N) is 1. The summed E-state index contributed by atoms with van der Waals surface area (Å²) in [6, 6.07) is 3.93. The van der Waals surface area contributed by atoms with Crippen molar-refractivity contribution in [3.8, 4) is 0 Å². The predicted octanol–water partition coefficient (Wildman–Crippen LogP) is 0.798. The van der Waals surface area contributed by atoms with E-state index in [1.54, 1.807) is 0 Å². The van der Waals surface area contributed by atoms with Crippen LogP contribution in [0.3, 0.4) is 0 Å². The smallest absolute Gasteiger partial charge is 0.334 e. The summed E-state index contributed by atoms with van der Waals surface area (Å²) in [5.41, 5.74) is -0.296. The summed E-state index contributed by atoms with van der Waals surface area (Å²) in [6.07, 6.45) is 1.06. The van der Waals surface area contributed by atoms with Crippen LogP contribution in [0.5, 0.6) is 0 Å². The number of carboxylic acid groups (broad SMARTS) is 1. The van der Waals surface area contributed by atoms with Crippen LogP contribution >= 0.6 is 0 Å². The molecule has 0 aromatic heterocycles. The molecule has 0 heterocycles. The number of carbonyl (C=O) groups excluding carboxylic acids is 1. The average molecular weight is 223 g/mol. The lowest BCUT2D eigenvalue weighted by Gasteiger charge is -2.24. The van der Waals surface area contributed by atoms with Crippen molar-refractivity contribution in [1.82, 2.24) is 5.32 Å². The Hall–Kier alpha value is -1.91. The van der Waals surface area contributed by atoms with E-state index < -0.39 is 17.3 Å². The van der Waals surface area contributed by atoms with Crippen molar-refractivity contribution in [1.29, 1.82) is 0 Å². The van der Waals surface area contributed by atoms with E-state index in [4.69, 9.17) is 0 Å². The Morgan fingerprint density at radius 1 is 1.56 bits per heavy atom. The molecule has 16 heavy (non-hydrogen) atoms. The third kappa shape index (κ3) is 1.36. The SMILES string of the molecule is O=CNC1(C(=O)O)CCc2cc(F)ccc21. The molecule has 2 rings (SSSR count). The Balaban J connectivity index is 2.54. The highest BCUT2D eigenvalue weighted by Crippen LogP contribution is 2.37. The van der Waals surface area contributed by atoms with Crippen molar-refractivity contribution in [2.45, 2.75) is 18.4 Å². The number of aliphatic carboxylic acids is 1. The zero-order valence-corrected chi connectivity index (χ0v) is 8.37. The fourth-order valence-electron chi connectivity index (χ4n) is 2.18. The standard InChI is InChI=1S/C11H10FNO3/c12-8-1-2-9-7(5-8)3-4-11(9,10(15)16)13-6-14/h1-2,5-6H,3-4H2,(H,13,14)(H,15,16). The minimum Gasteiger partial charge on any atom is -0.479 e. The lowest BCUT2D eigenvalue weighted by atomic mass is 9.92. The van der Waals surface area contributed by atoms with Gasteiger partial charge < -0.3 is 10.4 Å². The maximum Gasteiger partial charge on any atom is 0.334 e. The van der Waals surface area contributed by atoms with Gasteiger partial charge in [-0.1, -0.05) is 6.07 Å². The molecule has 1 atom stereocenters. The molecule has 4 nitrogen and oxygen atoms in total. The molecule has 0 spiro atoms. The second-order valence-electron chi connectivity index (χ2n) is 3.77. The van der Waals surface area contributed by atoms with E-state index in [0.29, 0.717) is 24.0 Å². The fourth-order valence-corrected chi connectivity index (χ4v) is 2.18. The number of amides is 1. The Labute approximate surface area is 91.1 Å². The molecule has 5 heteroatoms. The summed E-state index contributed by atoms with van der Waals surface area (Å²) in [5, 5.41) is 11.5. The van der Waals surface area contributed by atoms with Gasteiger partial charge in [-0.2, -0.15) is 0 Å². The van der Waals surface area contributed by atoms with Crippen LogP contribution < -0.4 is 5.32 Å². The van der Waals surface area contributed by atoms with Gasteiger partial charge in [0.1, 0.15) is 5.82 Å². The van der Waals surface area contributed by atoms with Crippen molar-refractivity contribution in [3.63, 3.8) is 0 Å². The summed E-state index contributed by atoms with van der Waals surface area (Å²) in [5.74, 6) is -1.52. The Bertz CT molecular complexity index is 461. The van der Waals surface area contributed by atoms with Crippen LogP contribution in [0, 0.1) is 5.82 Å². The van der Waals surface area contributed by atoms with Crippen LogP contribution in [0.1, 0.15) is 17.5 Å². The first-order valence-electron chi connectivity index (χ1n) is 4.84. The number of rotatable bonds is 3. The maximum absolute atomic E-state index is 13.0. The molecule has 0 saturated heterocycles. The van der Waals surface area contributed by atoms with Crippen molar-refractivity contribution in [3.05, 3.63) is 35.1 Å². The topological polar surface area (TPSA) is 66.4 Å². The van der Waals surface area contributed by atoms with Gasteiger partial charge in [0.2, 0.25) is 6.41 Å². The second kappa shape index (κ2) is 3.59. The first kappa shape index (κ1) is 10.6. The van der Waals surface area contributed by atoms with Crippen LogP contribution in [0.4, 0.5) is 4.39 Å². The predicted molar refractivity (Wildman–Crippen MR) is 53.2 cm³/mol. The van der Waals surface area contributed by atoms with Crippen LogP contribution in [-0.2, 0) is 21.5 Å². The molecule has 0 bridgehead atoms. The highest BCUT2D eigenvalue weighted by atomic mass is 19.1. The third-order valence-corrected chi connectivity index (χ3v) is 2.97. The molecule has 0 saturated carbocycles. The first-order chi connectivity index (χ1) is 7.60. The molecule has 0 fully saturated rings. The number of fused-ring (bicyclic) bond motifs is 1. The monoisotopic (exact) mass is 223 g/mol. The normalized spacial score (nSPS) is 22.6. The molecule has 2 N–H and O–H groups in total. The van der Waals surface area contributed by atoms with Gasteiger partial charge in [0.05, 0.1) is 0 Å². The van der Waals surface area contributed by atoms with Crippen molar-refractivity contribution >= 4 is 12.4 Å². The molecule has 1 unspecified atom stereocenters. The van der Waals surface area contributed by atoms with Gasteiger partial charge in [0.25, 0.3) is 0 Å². The van der Waals surface area contributed by atoms with E-state index >= 15 is 0 Å². The molecule has 0 radical (unpaired) electrons. The quantitative estimate of drug-likeness (QED) is 0.745. The number of aryl methyl sites for hydroxylation is 1. The lowest BCUT2D eigenvalue weighted by Crippen LogP contribution is -2.46. The van der Waals surface area contributed by atoms with Crippen molar-refractivity contribution in [2.24, 2.45) is 0 Å². The van der Waals surface area contributed by atoms with Gasteiger partial charge >= 0.3 is 5.97 Å². The Morgan fingerprint density at radius 2 is 2.31 bits per heavy atom. The number of carbonyl (C=O) groups is 2. The van der Waals surface area contributed by atoms with Gasteiger partial charge in [0, 0.05) is 0 Å². The number of carboxylic acids is 1. The lowest BCUT2D eigenvalue weighted by molar-refractivity contribution is -0.146. The van der Waals surface area contributed by atoms with E-state index in [0.717, 1.165) is 0 Å². The second-order valence-corrected chi connectivity index (χ2v) is 3.77. The first-order valence-corrected chi connectivity index (χ1v) is 4.84. The van der Waals surface area contributed by atoms with Crippen LogP contribution in [0.25, 0.3) is 0 Å². The molecule has 84 valence electrons. The molecule has 1 aromatic rings. The summed E-state index contributed by atoms with van der Waals surface area (Å²) in [6.45, 7) is 0. The summed E-state index contributed by atoms with van der Waals surface area (Å²) < 4.78 is 13.0. The van der Waals surface area contributed by atoms with Crippen LogP contribution in [0.2, 0.25) is 0 Å². The van der Waals surface area contributed by atoms with Crippen LogP contribution in [0.15, 0.2) is 18.2 Å². The zero-order valence-electron chi connectivity index (χ0n) is 8.37. The van der Waals surface area contributed by atoms with Gasteiger partial charge in [-0.15, -0.1) is 0 Å². The summed E-state index contributed by atoms with van der Waals surface area (Å²) in [7, 11) is 0. The largest absolute Gasteiger partial charge is 0.479 e. The summed E-state index contributed by atoms with van der Waals surface area (Å²) >= 11 is 0. The summed E-state index contributed by atoms with van der Waals surface area (Å²) in [4.78, 5) is 21.7. The number of halogens is 1. The van der Waals surface area contributed by atoms with E-state index in [2.05, 4.69) is 5.32 Å². The molecule has 1 aromatic carbocycles. The van der Waals surface area contributed by atoms with Crippen molar-refractivity contribution < 1.29 is 19.1 Å². The molecule has 1 aliphatic rings. The van der Waals surface area contributed by atoms with Gasteiger partial charge in [-0.25, -0.2) is 9.18 Å². The highest BCUT2D eigenvalue weighted by Gasteiger charge is 2.45. The minimum absolute atomic E-state index is 0.250. The number of hydrogen-bond donors (Lipinski definition) is 2. The fraction of sp³-hybridized carbons (Fsp3) is 0.273. The third-order valence-electron chi connectivity index (χ3n) is 2.97. The number of benzene rings is 1. The maximum atomic E-state index is 13.0. The zero-order chi connectivity index (χ0) is 11.8. The molecule has 1 amide bonds. The Kier molecular flexibility index (Phi) is 2.38. The van der Waals surface area contributed by atoms with Gasteiger partial charge in [0.15, 0.2) is 5.54 Å². The minimum atomic E-state index is -1.40. The van der Waals surface area contributed by atoms with E-state index in [1.165, 1.54) is 18.2 Å². The Morgan fingerprint density at radius 3 is 2.94 bits per heavy atom. The highest BCUT2D eigenvalue weighted by molar-refractivity contribution is 5.85. The van der Waals surface area contributed by atoms with Gasteiger partial charge in [-0.05, 0) is 36.1 Å². The molecule has 1 aliphatic carbocycles. The van der Waals surface area contributed by atoms with Crippen LogP contribution in [-0.4, -0.2) is 17.5 Å². The van der Waals surface area contributed by atoms with E-state index in [-0.39, 0.29) is 6.42 Å². The van der Waals surface area contributed by atoms with E-state index in [1.807, 2.05) is 0 Å². The van der Waals surface area contributed by atoms with Gasteiger partial charge in [-0.3, -0.25) is 4.79 Å². The molecule has 0 aliphatic heterocycles.